The molecule has 1 aromatic carbocycles. The molecule has 0 bridgehead atoms. The van der Waals surface area contributed by atoms with Crippen LogP contribution in [-0.4, -0.2) is 35.1 Å². The summed E-state index contributed by atoms with van der Waals surface area (Å²) in [5, 5.41) is 0. The van der Waals surface area contributed by atoms with Crippen LogP contribution < -0.4 is 5.73 Å². The lowest BCUT2D eigenvalue weighted by Gasteiger charge is -2.47. The van der Waals surface area contributed by atoms with E-state index in [0.29, 0.717) is 13.1 Å². The maximum atomic E-state index is 13.4. The van der Waals surface area contributed by atoms with Gasteiger partial charge in [-0.05, 0) is 45.9 Å². The van der Waals surface area contributed by atoms with Crippen molar-refractivity contribution in [3.63, 3.8) is 0 Å². The Bertz CT molecular complexity index is 504. The molecule has 0 aliphatic carbocycles. The van der Waals surface area contributed by atoms with Crippen LogP contribution in [0.2, 0.25) is 0 Å². The maximum Gasteiger partial charge on any atom is 0.254 e. The second kappa shape index (κ2) is 4.74. The number of morpholine rings is 1. The van der Waals surface area contributed by atoms with Gasteiger partial charge in [-0.3, -0.25) is 4.79 Å². The molecule has 2 N–H and O–H groups in total. The summed E-state index contributed by atoms with van der Waals surface area (Å²) in [6.45, 7) is 8.68. The van der Waals surface area contributed by atoms with Gasteiger partial charge in [-0.2, -0.15) is 0 Å². The number of hydrogen-bond donors (Lipinski definition) is 1. The Labute approximate surface area is 118 Å². The van der Waals surface area contributed by atoms with E-state index in [9.17, 15) is 9.18 Å². The maximum absolute atomic E-state index is 13.4. The zero-order valence-electron chi connectivity index (χ0n) is 12.4. The normalized spacial score (nSPS) is 20.8. The van der Waals surface area contributed by atoms with Gasteiger partial charge in [-0.1, -0.05) is 0 Å². The summed E-state index contributed by atoms with van der Waals surface area (Å²) >= 11 is 0. The summed E-state index contributed by atoms with van der Waals surface area (Å²) in [6.07, 6.45) is 0. The summed E-state index contributed by atoms with van der Waals surface area (Å²) in [5.74, 6) is -0.722. The van der Waals surface area contributed by atoms with Crippen molar-refractivity contribution in [3.8, 4) is 0 Å². The molecule has 1 heterocycles. The number of anilines is 1. The molecule has 2 rings (SSSR count). The highest BCUT2D eigenvalue weighted by atomic mass is 19.1. The summed E-state index contributed by atoms with van der Waals surface area (Å²) in [6, 6.07) is 3.92. The highest BCUT2D eigenvalue weighted by molar-refractivity contribution is 5.95. The molecule has 20 heavy (non-hydrogen) atoms. The predicted octanol–water partition coefficient (Wildman–Crippen LogP) is 2.44. The van der Waals surface area contributed by atoms with E-state index in [1.54, 1.807) is 4.90 Å². The third-order valence-corrected chi connectivity index (χ3v) is 3.15. The molecule has 1 aromatic rings. The summed E-state index contributed by atoms with van der Waals surface area (Å²) in [5.41, 5.74) is 5.25. The van der Waals surface area contributed by atoms with Gasteiger partial charge < -0.3 is 15.4 Å². The van der Waals surface area contributed by atoms with E-state index in [1.165, 1.54) is 18.2 Å². The van der Waals surface area contributed by atoms with E-state index < -0.39 is 17.0 Å². The van der Waals surface area contributed by atoms with Gasteiger partial charge in [0.1, 0.15) is 5.82 Å². The van der Waals surface area contributed by atoms with Gasteiger partial charge in [0, 0.05) is 24.3 Å². The Morgan fingerprint density at radius 3 is 2.25 bits per heavy atom. The minimum Gasteiger partial charge on any atom is -0.399 e. The largest absolute Gasteiger partial charge is 0.399 e. The lowest BCUT2D eigenvalue weighted by atomic mass is 9.98. The highest BCUT2D eigenvalue weighted by Crippen LogP contribution is 2.29. The van der Waals surface area contributed by atoms with Gasteiger partial charge in [-0.25, -0.2) is 4.39 Å². The molecule has 0 saturated carbocycles. The smallest absolute Gasteiger partial charge is 0.254 e. The average molecular weight is 280 g/mol. The van der Waals surface area contributed by atoms with Crippen molar-refractivity contribution in [1.29, 1.82) is 0 Å². The van der Waals surface area contributed by atoms with Gasteiger partial charge in [0.2, 0.25) is 0 Å². The SMILES string of the molecule is CC1(C)CN(C(=O)c2cc(N)cc(F)c2)CC(C)(C)O1. The highest BCUT2D eigenvalue weighted by Gasteiger charge is 2.40. The Morgan fingerprint density at radius 2 is 1.75 bits per heavy atom. The first-order valence-corrected chi connectivity index (χ1v) is 6.64. The molecule has 1 fully saturated rings. The number of halogens is 1. The zero-order chi connectivity index (χ0) is 15.1. The molecule has 0 atom stereocenters. The van der Waals surface area contributed by atoms with Crippen molar-refractivity contribution in [3.05, 3.63) is 29.6 Å². The van der Waals surface area contributed by atoms with Crippen LogP contribution in [0.1, 0.15) is 38.1 Å². The van der Waals surface area contributed by atoms with E-state index in [2.05, 4.69) is 0 Å². The number of carbonyl (C=O) groups is 1. The molecular formula is C15H21FN2O2. The minimum absolute atomic E-state index is 0.222. The fourth-order valence-electron chi connectivity index (χ4n) is 2.85. The molecule has 1 amide bonds. The van der Waals surface area contributed by atoms with Crippen molar-refractivity contribution >= 4 is 11.6 Å². The standard InChI is InChI=1S/C15H21FN2O2/c1-14(2)8-18(9-15(3,4)20-14)13(19)10-5-11(16)7-12(17)6-10/h5-7H,8-9,17H2,1-4H3. The van der Waals surface area contributed by atoms with Crippen molar-refractivity contribution in [2.45, 2.75) is 38.9 Å². The van der Waals surface area contributed by atoms with Crippen LogP contribution in [-0.2, 0) is 4.74 Å². The number of carbonyl (C=O) groups excluding carboxylic acids is 1. The molecule has 110 valence electrons. The van der Waals surface area contributed by atoms with Crippen LogP contribution in [0.15, 0.2) is 18.2 Å². The number of nitrogens with two attached hydrogens (primary N) is 1. The van der Waals surface area contributed by atoms with Crippen molar-refractivity contribution in [1.82, 2.24) is 4.90 Å². The average Bonchev–Trinajstić information content (AvgIpc) is 2.22. The van der Waals surface area contributed by atoms with Gasteiger partial charge in [0.25, 0.3) is 5.91 Å². The molecular weight excluding hydrogens is 259 g/mol. The lowest BCUT2D eigenvalue weighted by molar-refractivity contribution is -0.171. The molecule has 4 nitrogen and oxygen atoms in total. The Hall–Kier alpha value is -1.62. The molecule has 1 aliphatic heterocycles. The van der Waals surface area contributed by atoms with E-state index >= 15 is 0 Å². The third-order valence-electron chi connectivity index (χ3n) is 3.15. The lowest BCUT2D eigenvalue weighted by Crippen LogP contribution is -2.58. The number of benzene rings is 1. The number of rotatable bonds is 1. The molecule has 5 heteroatoms. The van der Waals surface area contributed by atoms with Crippen LogP contribution in [0.5, 0.6) is 0 Å². The quantitative estimate of drug-likeness (QED) is 0.804. The van der Waals surface area contributed by atoms with Crippen molar-refractivity contribution < 1.29 is 13.9 Å². The van der Waals surface area contributed by atoms with E-state index in [-0.39, 0.29) is 17.2 Å². The fraction of sp³-hybridized carbons (Fsp3) is 0.533. The summed E-state index contributed by atoms with van der Waals surface area (Å²) in [4.78, 5) is 14.2. The van der Waals surface area contributed by atoms with E-state index in [0.717, 1.165) is 0 Å². The predicted molar refractivity (Wildman–Crippen MR) is 76.0 cm³/mol. The van der Waals surface area contributed by atoms with E-state index in [1.807, 2.05) is 27.7 Å². The first-order valence-electron chi connectivity index (χ1n) is 6.64. The third kappa shape index (κ3) is 3.28. The molecule has 0 unspecified atom stereocenters. The summed E-state index contributed by atoms with van der Waals surface area (Å²) in [7, 11) is 0. The number of nitrogen functional groups attached to an aromatic ring is 1. The molecule has 0 spiro atoms. The van der Waals surface area contributed by atoms with Crippen LogP contribution in [0.25, 0.3) is 0 Å². The second-order valence-corrected chi connectivity index (χ2v) is 6.56. The van der Waals surface area contributed by atoms with Crippen molar-refractivity contribution in [2.24, 2.45) is 0 Å². The minimum atomic E-state index is -0.500. The van der Waals surface area contributed by atoms with Gasteiger partial charge in [-0.15, -0.1) is 0 Å². The van der Waals surface area contributed by atoms with Gasteiger partial charge >= 0.3 is 0 Å². The first kappa shape index (κ1) is 14.8. The van der Waals surface area contributed by atoms with Crippen LogP contribution >= 0.6 is 0 Å². The monoisotopic (exact) mass is 280 g/mol. The number of nitrogens with zero attached hydrogens (tertiary/aromatic N) is 1. The molecule has 0 radical (unpaired) electrons. The van der Waals surface area contributed by atoms with Crippen molar-refractivity contribution in [2.75, 3.05) is 18.8 Å². The zero-order valence-corrected chi connectivity index (χ0v) is 12.4. The summed E-state index contributed by atoms with van der Waals surface area (Å²) < 4.78 is 19.3. The fourth-order valence-corrected chi connectivity index (χ4v) is 2.85. The number of hydrogen-bond acceptors (Lipinski definition) is 3. The van der Waals surface area contributed by atoms with Crippen LogP contribution in [0, 0.1) is 5.82 Å². The second-order valence-electron chi connectivity index (χ2n) is 6.56. The Kier molecular flexibility index (Phi) is 3.50. The number of amides is 1. The van der Waals surface area contributed by atoms with Crippen LogP contribution in [0.3, 0.4) is 0 Å². The molecule has 1 aliphatic rings. The Balaban J connectivity index is 2.28. The topological polar surface area (TPSA) is 55.6 Å². The van der Waals surface area contributed by atoms with Gasteiger partial charge in [0.15, 0.2) is 0 Å². The van der Waals surface area contributed by atoms with E-state index in [4.69, 9.17) is 10.5 Å². The number of ether oxygens (including phenoxy) is 1. The molecule has 0 aromatic heterocycles. The molecule has 1 saturated heterocycles. The van der Waals surface area contributed by atoms with Gasteiger partial charge in [0.05, 0.1) is 11.2 Å². The van der Waals surface area contributed by atoms with Crippen LogP contribution in [0.4, 0.5) is 10.1 Å². The Morgan fingerprint density at radius 1 is 1.20 bits per heavy atom. The first-order chi connectivity index (χ1) is 9.08.